The number of esters is 1. The number of hydrogen-bond donors (Lipinski definition) is 3. The first kappa shape index (κ1) is 14.7. The molecule has 0 radical (unpaired) electrons. The minimum absolute atomic E-state index is 0.185. The monoisotopic (exact) mass is 296 g/mol. The Morgan fingerprint density at radius 1 is 1.48 bits per heavy atom. The average Bonchev–Trinajstić information content (AvgIpc) is 2.88. The van der Waals surface area contributed by atoms with Crippen molar-refractivity contribution < 1.29 is 29.9 Å². The second-order valence-electron chi connectivity index (χ2n) is 6.66. The van der Waals surface area contributed by atoms with E-state index in [-0.39, 0.29) is 6.42 Å². The third-order valence-corrected chi connectivity index (χ3v) is 5.41. The van der Waals surface area contributed by atoms with Crippen LogP contribution in [0.3, 0.4) is 0 Å². The lowest BCUT2D eigenvalue weighted by Gasteiger charge is -2.39. The van der Waals surface area contributed by atoms with E-state index < -0.39 is 47.1 Å². The molecule has 2 fully saturated rings. The molecular formula is C15H20O6. The number of ether oxygens (including phenoxy) is 1. The highest BCUT2D eigenvalue weighted by atomic mass is 17.1. The molecule has 0 aromatic carbocycles. The molecule has 0 aromatic heterocycles. The van der Waals surface area contributed by atoms with E-state index in [2.05, 4.69) is 11.5 Å². The quantitative estimate of drug-likeness (QED) is 0.216. The van der Waals surface area contributed by atoms with Crippen molar-refractivity contribution in [1.82, 2.24) is 0 Å². The summed E-state index contributed by atoms with van der Waals surface area (Å²) in [7, 11) is 0. The first-order chi connectivity index (χ1) is 9.72. The molecule has 3 aliphatic rings. The van der Waals surface area contributed by atoms with Crippen LogP contribution in [-0.2, 0) is 14.4 Å². The maximum atomic E-state index is 11.8. The van der Waals surface area contributed by atoms with Crippen molar-refractivity contribution in [2.75, 3.05) is 0 Å². The first-order valence-electron chi connectivity index (χ1n) is 7.04. The number of aliphatic hydroxyl groups is 2. The molecule has 0 amide bonds. The molecule has 0 bridgehead atoms. The predicted octanol–water partition coefficient (Wildman–Crippen LogP) is 0.650. The van der Waals surface area contributed by atoms with Crippen LogP contribution in [0, 0.1) is 17.8 Å². The Bertz CT molecular complexity index is 524. The fraction of sp³-hybridized carbons (Fsp3) is 0.667. The van der Waals surface area contributed by atoms with Gasteiger partial charge in [0.15, 0.2) is 0 Å². The van der Waals surface area contributed by atoms with Crippen LogP contribution in [0.1, 0.15) is 20.3 Å². The third kappa shape index (κ3) is 1.83. The van der Waals surface area contributed by atoms with Gasteiger partial charge in [0.1, 0.15) is 11.7 Å². The second-order valence-corrected chi connectivity index (χ2v) is 6.66. The van der Waals surface area contributed by atoms with Crippen LogP contribution in [0.15, 0.2) is 24.3 Å². The maximum Gasteiger partial charge on any atom is 0.334 e. The van der Waals surface area contributed by atoms with Crippen LogP contribution in [0.25, 0.3) is 0 Å². The SMILES string of the molecule is C=C1C(=O)OC2C1CC(O)C(C)(O)C1C=CC(C)(OO)C21. The number of fused-ring (bicyclic) bond motifs is 3. The Morgan fingerprint density at radius 2 is 2.14 bits per heavy atom. The van der Waals surface area contributed by atoms with Crippen molar-refractivity contribution in [3.05, 3.63) is 24.3 Å². The van der Waals surface area contributed by atoms with Crippen LogP contribution < -0.4 is 0 Å². The number of carbonyl (C=O) groups is 1. The summed E-state index contributed by atoms with van der Waals surface area (Å²) in [6, 6.07) is 0. The molecule has 2 aliphatic carbocycles. The van der Waals surface area contributed by atoms with Crippen LogP contribution in [-0.4, -0.2) is 44.8 Å². The molecule has 116 valence electrons. The number of rotatable bonds is 1. The molecule has 3 rings (SSSR count). The average molecular weight is 296 g/mol. The zero-order valence-electron chi connectivity index (χ0n) is 12.0. The van der Waals surface area contributed by atoms with E-state index in [9.17, 15) is 20.3 Å². The number of carbonyl (C=O) groups excluding carboxylic acids is 1. The van der Waals surface area contributed by atoms with Gasteiger partial charge in [-0.05, 0) is 20.3 Å². The zero-order valence-corrected chi connectivity index (χ0v) is 12.0. The summed E-state index contributed by atoms with van der Waals surface area (Å²) in [5.41, 5.74) is -2.20. The van der Waals surface area contributed by atoms with Crippen molar-refractivity contribution in [3.63, 3.8) is 0 Å². The minimum Gasteiger partial charge on any atom is -0.458 e. The number of hydrogen-bond acceptors (Lipinski definition) is 6. The maximum absolute atomic E-state index is 11.8. The lowest BCUT2D eigenvalue weighted by Crippen LogP contribution is -2.51. The summed E-state index contributed by atoms with van der Waals surface area (Å²) >= 11 is 0. The van der Waals surface area contributed by atoms with Gasteiger partial charge >= 0.3 is 5.97 Å². The summed E-state index contributed by atoms with van der Waals surface area (Å²) in [4.78, 5) is 16.4. The molecule has 1 aliphatic heterocycles. The first-order valence-corrected chi connectivity index (χ1v) is 7.04. The van der Waals surface area contributed by atoms with Gasteiger partial charge in [0.25, 0.3) is 0 Å². The van der Waals surface area contributed by atoms with Gasteiger partial charge in [0.2, 0.25) is 0 Å². The van der Waals surface area contributed by atoms with Crippen molar-refractivity contribution in [2.45, 2.75) is 43.7 Å². The predicted molar refractivity (Wildman–Crippen MR) is 72.0 cm³/mol. The van der Waals surface area contributed by atoms with E-state index >= 15 is 0 Å². The van der Waals surface area contributed by atoms with Gasteiger partial charge in [-0.25, -0.2) is 9.68 Å². The molecule has 7 atom stereocenters. The molecule has 6 nitrogen and oxygen atoms in total. The minimum atomic E-state index is -1.41. The lowest BCUT2D eigenvalue weighted by molar-refractivity contribution is -0.324. The van der Waals surface area contributed by atoms with Crippen LogP contribution >= 0.6 is 0 Å². The smallest absolute Gasteiger partial charge is 0.334 e. The molecule has 3 N–H and O–H groups in total. The lowest BCUT2D eigenvalue weighted by atomic mass is 9.73. The van der Waals surface area contributed by atoms with Gasteiger partial charge in [-0.15, -0.1) is 0 Å². The molecule has 1 saturated carbocycles. The Hall–Kier alpha value is -1.21. The largest absolute Gasteiger partial charge is 0.458 e. The van der Waals surface area contributed by atoms with Crippen molar-refractivity contribution in [3.8, 4) is 0 Å². The Morgan fingerprint density at radius 3 is 2.76 bits per heavy atom. The van der Waals surface area contributed by atoms with E-state index in [1.165, 1.54) is 0 Å². The number of aliphatic hydroxyl groups excluding tert-OH is 1. The molecule has 21 heavy (non-hydrogen) atoms. The van der Waals surface area contributed by atoms with Crippen LogP contribution in [0.4, 0.5) is 0 Å². The summed E-state index contributed by atoms with van der Waals surface area (Å²) < 4.78 is 5.42. The Kier molecular flexibility index (Phi) is 3.08. The fourth-order valence-electron chi connectivity index (χ4n) is 3.99. The van der Waals surface area contributed by atoms with Crippen molar-refractivity contribution >= 4 is 5.97 Å². The van der Waals surface area contributed by atoms with Gasteiger partial charge in [0.05, 0.1) is 11.7 Å². The van der Waals surface area contributed by atoms with E-state index in [1.807, 2.05) is 0 Å². The van der Waals surface area contributed by atoms with E-state index in [4.69, 9.17) is 4.74 Å². The highest BCUT2D eigenvalue weighted by molar-refractivity contribution is 5.91. The van der Waals surface area contributed by atoms with Gasteiger partial charge < -0.3 is 14.9 Å². The molecule has 6 heteroatoms. The zero-order chi connectivity index (χ0) is 15.6. The highest BCUT2D eigenvalue weighted by Crippen LogP contribution is 2.53. The van der Waals surface area contributed by atoms with E-state index in [0.717, 1.165) is 0 Å². The molecule has 1 saturated heterocycles. The normalized spacial score (nSPS) is 52.3. The van der Waals surface area contributed by atoms with Crippen LogP contribution in [0.2, 0.25) is 0 Å². The fourth-order valence-corrected chi connectivity index (χ4v) is 3.99. The molecule has 1 heterocycles. The molecular weight excluding hydrogens is 276 g/mol. The third-order valence-electron chi connectivity index (χ3n) is 5.41. The Labute approximate surface area is 122 Å². The van der Waals surface area contributed by atoms with Crippen LogP contribution in [0.5, 0.6) is 0 Å². The summed E-state index contributed by atoms with van der Waals surface area (Å²) in [6.07, 6.45) is 1.91. The van der Waals surface area contributed by atoms with Crippen molar-refractivity contribution in [1.29, 1.82) is 0 Å². The van der Waals surface area contributed by atoms with Gasteiger partial charge in [-0.3, -0.25) is 5.26 Å². The van der Waals surface area contributed by atoms with E-state index in [0.29, 0.717) is 5.57 Å². The molecule has 0 spiro atoms. The van der Waals surface area contributed by atoms with Gasteiger partial charge in [-0.1, -0.05) is 18.7 Å². The summed E-state index contributed by atoms with van der Waals surface area (Å²) in [5, 5.41) is 30.4. The van der Waals surface area contributed by atoms with Gasteiger partial charge in [-0.2, -0.15) is 0 Å². The second kappa shape index (κ2) is 4.39. The Balaban J connectivity index is 2.10. The summed E-state index contributed by atoms with van der Waals surface area (Å²) in [6.45, 7) is 6.95. The topological polar surface area (TPSA) is 96.2 Å². The molecule has 7 unspecified atom stereocenters. The molecule has 0 aromatic rings. The standard InChI is InChI=1S/C15H20O6/c1-7-8-6-10(16)15(3,18)9-4-5-14(2,21-19)11(9)12(8)20-13(7)17/h4-5,8-12,16,18-19H,1,6H2,2-3H3. The van der Waals surface area contributed by atoms with Crippen molar-refractivity contribution in [2.24, 2.45) is 17.8 Å². The van der Waals surface area contributed by atoms with Gasteiger partial charge in [0, 0.05) is 23.3 Å². The highest BCUT2D eigenvalue weighted by Gasteiger charge is 2.62. The van der Waals surface area contributed by atoms with E-state index in [1.54, 1.807) is 26.0 Å². The summed E-state index contributed by atoms with van der Waals surface area (Å²) in [5.74, 6) is -1.89.